The fraction of sp³-hybridized carbons (Fsp3) is 0.250. The highest BCUT2D eigenvalue weighted by Crippen LogP contribution is 2.41. The van der Waals surface area contributed by atoms with Crippen LogP contribution in [0, 0.1) is 5.92 Å². The van der Waals surface area contributed by atoms with E-state index in [2.05, 4.69) is 0 Å². The van der Waals surface area contributed by atoms with Crippen molar-refractivity contribution in [1.29, 1.82) is 0 Å². The lowest BCUT2D eigenvalue weighted by Crippen LogP contribution is -1.98. The first-order valence-electron chi connectivity index (χ1n) is 6.34. The van der Waals surface area contributed by atoms with Crippen LogP contribution in [0.25, 0.3) is 0 Å². The van der Waals surface area contributed by atoms with E-state index in [0.29, 0.717) is 5.92 Å². The number of benzene rings is 2. The third-order valence-electron chi connectivity index (χ3n) is 3.27. The predicted molar refractivity (Wildman–Crippen MR) is 70.6 cm³/mol. The van der Waals surface area contributed by atoms with Crippen molar-refractivity contribution < 1.29 is 9.84 Å². The van der Waals surface area contributed by atoms with Gasteiger partial charge in [-0.05, 0) is 48.6 Å². The highest BCUT2D eigenvalue weighted by molar-refractivity contribution is 5.33. The van der Waals surface area contributed by atoms with E-state index in [1.807, 2.05) is 54.6 Å². The summed E-state index contributed by atoms with van der Waals surface area (Å²) >= 11 is 0. The minimum Gasteiger partial charge on any atom is -0.457 e. The maximum Gasteiger partial charge on any atom is 0.127 e. The lowest BCUT2D eigenvalue weighted by atomic mass is 10.1. The highest BCUT2D eigenvalue weighted by atomic mass is 16.5. The Hall–Kier alpha value is -1.80. The van der Waals surface area contributed by atoms with Crippen molar-refractivity contribution in [1.82, 2.24) is 0 Å². The Balaban J connectivity index is 1.71. The number of aliphatic hydroxyl groups excluding tert-OH is 1. The molecule has 18 heavy (non-hydrogen) atoms. The molecule has 0 aliphatic heterocycles. The second-order valence-electron chi connectivity index (χ2n) is 4.77. The summed E-state index contributed by atoms with van der Waals surface area (Å²) in [5.74, 6) is 2.09. The standard InChI is InChI=1S/C16H16O2/c17-16(12-6-7-12)13-8-10-15(11-9-13)18-14-4-2-1-3-5-14/h1-5,8-12,16-17H,6-7H2. The molecular formula is C16H16O2. The van der Waals surface area contributed by atoms with Gasteiger partial charge < -0.3 is 9.84 Å². The molecule has 0 saturated heterocycles. The smallest absolute Gasteiger partial charge is 0.127 e. The molecule has 1 fully saturated rings. The molecule has 1 N–H and O–H groups in total. The molecule has 2 heteroatoms. The monoisotopic (exact) mass is 240 g/mol. The van der Waals surface area contributed by atoms with Gasteiger partial charge in [-0.25, -0.2) is 0 Å². The Bertz CT molecular complexity index is 500. The number of hydrogen-bond acceptors (Lipinski definition) is 2. The largest absolute Gasteiger partial charge is 0.457 e. The second kappa shape index (κ2) is 4.83. The van der Waals surface area contributed by atoms with Crippen LogP contribution >= 0.6 is 0 Å². The minimum absolute atomic E-state index is 0.309. The van der Waals surface area contributed by atoms with Crippen LogP contribution in [0.5, 0.6) is 11.5 Å². The zero-order valence-corrected chi connectivity index (χ0v) is 10.1. The molecule has 0 amide bonds. The molecule has 92 valence electrons. The molecule has 2 nitrogen and oxygen atoms in total. The summed E-state index contributed by atoms with van der Waals surface area (Å²) in [7, 11) is 0. The Morgan fingerprint density at radius 1 is 0.889 bits per heavy atom. The lowest BCUT2D eigenvalue weighted by Gasteiger charge is -2.10. The van der Waals surface area contributed by atoms with Crippen LogP contribution in [-0.2, 0) is 0 Å². The van der Waals surface area contributed by atoms with E-state index in [1.165, 1.54) is 0 Å². The lowest BCUT2D eigenvalue weighted by molar-refractivity contribution is 0.154. The molecule has 1 aliphatic carbocycles. The van der Waals surface area contributed by atoms with Crippen LogP contribution in [0.3, 0.4) is 0 Å². The summed E-state index contributed by atoms with van der Waals surface area (Å²) in [5.41, 5.74) is 0.984. The summed E-state index contributed by atoms with van der Waals surface area (Å²) in [4.78, 5) is 0. The zero-order chi connectivity index (χ0) is 12.4. The van der Waals surface area contributed by atoms with Crippen LogP contribution in [-0.4, -0.2) is 5.11 Å². The molecule has 1 unspecified atom stereocenters. The molecule has 0 bridgehead atoms. The molecule has 1 atom stereocenters. The summed E-state index contributed by atoms with van der Waals surface area (Å²) in [5, 5.41) is 10.0. The first-order chi connectivity index (χ1) is 8.83. The molecular weight excluding hydrogens is 224 g/mol. The van der Waals surface area contributed by atoms with Crippen LogP contribution in [0.4, 0.5) is 0 Å². The predicted octanol–water partition coefficient (Wildman–Crippen LogP) is 3.92. The fourth-order valence-corrected chi connectivity index (χ4v) is 2.04. The Kier molecular flexibility index (Phi) is 3.03. The number of rotatable bonds is 4. The molecule has 1 aliphatic rings. The van der Waals surface area contributed by atoms with E-state index < -0.39 is 0 Å². The van der Waals surface area contributed by atoms with Gasteiger partial charge in [-0.3, -0.25) is 0 Å². The molecule has 0 radical (unpaired) electrons. The van der Waals surface area contributed by atoms with Gasteiger partial charge in [0.15, 0.2) is 0 Å². The van der Waals surface area contributed by atoms with Crippen molar-refractivity contribution in [3.8, 4) is 11.5 Å². The first-order valence-corrected chi connectivity index (χ1v) is 6.34. The van der Waals surface area contributed by atoms with Gasteiger partial charge in [-0.15, -0.1) is 0 Å². The SMILES string of the molecule is OC(c1ccc(Oc2ccccc2)cc1)C1CC1. The van der Waals surface area contributed by atoms with Crippen LogP contribution in [0.2, 0.25) is 0 Å². The van der Waals surface area contributed by atoms with E-state index in [9.17, 15) is 5.11 Å². The maximum absolute atomic E-state index is 10.0. The van der Waals surface area contributed by atoms with Gasteiger partial charge in [-0.1, -0.05) is 30.3 Å². The molecule has 2 aromatic rings. The van der Waals surface area contributed by atoms with E-state index in [4.69, 9.17) is 4.74 Å². The van der Waals surface area contributed by atoms with Crippen LogP contribution in [0.1, 0.15) is 24.5 Å². The Morgan fingerprint density at radius 2 is 1.50 bits per heavy atom. The quantitative estimate of drug-likeness (QED) is 0.877. The molecule has 0 spiro atoms. The van der Waals surface area contributed by atoms with Crippen molar-refractivity contribution in [3.63, 3.8) is 0 Å². The van der Waals surface area contributed by atoms with Crippen molar-refractivity contribution in [2.24, 2.45) is 5.92 Å². The third-order valence-corrected chi connectivity index (χ3v) is 3.27. The first kappa shape index (κ1) is 11.3. The van der Waals surface area contributed by atoms with E-state index in [1.54, 1.807) is 0 Å². The van der Waals surface area contributed by atoms with Gasteiger partial charge in [-0.2, -0.15) is 0 Å². The van der Waals surface area contributed by atoms with Gasteiger partial charge in [0.1, 0.15) is 11.5 Å². The van der Waals surface area contributed by atoms with Gasteiger partial charge in [0.2, 0.25) is 0 Å². The van der Waals surface area contributed by atoms with Crippen LogP contribution < -0.4 is 4.74 Å². The zero-order valence-electron chi connectivity index (χ0n) is 10.1. The summed E-state index contributed by atoms with van der Waals surface area (Å²) in [6.07, 6.45) is 1.98. The summed E-state index contributed by atoms with van der Waals surface area (Å²) in [6, 6.07) is 17.4. The molecule has 0 heterocycles. The number of para-hydroxylation sites is 1. The van der Waals surface area contributed by atoms with Crippen molar-refractivity contribution in [2.45, 2.75) is 18.9 Å². The van der Waals surface area contributed by atoms with Crippen LogP contribution in [0.15, 0.2) is 54.6 Å². The van der Waals surface area contributed by atoms with Gasteiger partial charge >= 0.3 is 0 Å². The van der Waals surface area contributed by atoms with Crippen molar-refractivity contribution in [2.75, 3.05) is 0 Å². The van der Waals surface area contributed by atoms with Gasteiger partial charge in [0, 0.05) is 0 Å². The Morgan fingerprint density at radius 3 is 2.11 bits per heavy atom. The summed E-state index contributed by atoms with van der Waals surface area (Å²) < 4.78 is 5.71. The van der Waals surface area contributed by atoms with E-state index in [-0.39, 0.29) is 6.10 Å². The Labute approximate surface area is 107 Å². The van der Waals surface area contributed by atoms with Crippen molar-refractivity contribution in [3.05, 3.63) is 60.2 Å². The summed E-state index contributed by atoms with van der Waals surface area (Å²) in [6.45, 7) is 0. The third kappa shape index (κ3) is 2.54. The fourth-order valence-electron chi connectivity index (χ4n) is 2.04. The topological polar surface area (TPSA) is 29.5 Å². The maximum atomic E-state index is 10.0. The average molecular weight is 240 g/mol. The van der Waals surface area contributed by atoms with Crippen molar-refractivity contribution >= 4 is 0 Å². The molecule has 1 saturated carbocycles. The average Bonchev–Trinajstić information content (AvgIpc) is 3.24. The molecule has 2 aromatic carbocycles. The molecule has 0 aromatic heterocycles. The minimum atomic E-state index is -0.309. The highest BCUT2D eigenvalue weighted by Gasteiger charge is 2.30. The van der Waals surface area contributed by atoms with E-state index >= 15 is 0 Å². The number of ether oxygens (including phenoxy) is 1. The van der Waals surface area contributed by atoms with Gasteiger partial charge in [0.25, 0.3) is 0 Å². The molecule has 3 rings (SSSR count). The van der Waals surface area contributed by atoms with Gasteiger partial charge in [0.05, 0.1) is 6.10 Å². The van der Waals surface area contributed by atoms with E-state index in [0.717, 1.165) is 29.9 Å². The second-order valence-corrected chi connectivity index (χ2v) is 4.77. The number of aliphatic hydroxyl groups is 1. The number of hydrogen-bond donors (Lipinski definition) is 1. The normalized spacial score (nSPS) is 16.3.